The molecule has 0 radical (unpaired) electrons. The van der Waals surface area contributed by atoms with Gasteiger partial charge in [-0.3, -0.25) is 0 Å². The van der Waals surface area contributed by atoms with Gasteiger partial charge < -0.3 is 20.0 Å². The second kappa shape index (κ2) is 6.48. The van der Waals surface area contributed by atoms with Gasteiger partial charge in [0.15, 0.2) is 33.8 Å². The predicted molar refractivity (Wildman–Crippen MR) is 62.1 cm³/mol. The summed E-state index contributed by atoms with van der Waals surface area (Å²) in [6.07, 6.45) is -0.326. The number of nitrogens with one attached hydrogen (secondary N) is 1. The maximum absolute atomic E-state index is 13.2. The Labute approximate surface area is 113 Å². The molecule has 0 aromatic heterocycles. The second-order valence-electron chi connectivity index (χ2n) is 3.92. The zero-order valence-corrected chi connectivity index (χ0v) is 12.3. The van der Waals surface area contributed by atoms with Gasteiger partial charge in [-0.2, -0.15) is 0 Å². The molecule has 0 aliphatic heterocycles. The summed E-state index contributed by atoms with van der Waals surface area (Å²) in [5.74, 6) is -12.6. The Morgan fingerprint density at radius 2 is 1.40 bits per heavy atom. The van der Waals surface area contributed by atoms with Crippen molar-refractivity contribution in [2.45, 2.75) is 18.8 Å². The van der Waals surface area contributed by atoms with Crippen LogP contribution in [0.25, 0.3) is 0 Å². The first-order valence-electron chi connectivity index (χ1n) is 5.46. The highest BCUT2D eigenvalue weighted by Gasteiger charge is 2.26. The van der Waals surface area contributed by atoms with Gasteiger partial charge in [-0.25, -0.2) is 22.0 Å². The minimum absolute atomic E-state index is 0.0330. The van der Waals surface area contributed by atoms with E-state index in [1.54, 1.807) is 0 Å². The molecule has 0 amide bonds. The third-order valence-electron chi connectivity index (χ3n) is 2.52. The summed E-state index contributed by atoms with van der Waals surface area (Å²) >= 11 is 0. The largest absolute Gasteiger partial charge is 0.381 e. The van der Waals surface area contributed by atoms with Crippen LogP contribution < -0.4 is 5.32 Å². The van der Waals surface area contributed by atoms with Crippen LogP contribution in [-0.4, -0.2) is 33.2 Å². The van der Waals surface area contributed by atoms with Crippen LogP contribution in [-0.2, 0) is 4.43 Å². The van der Waals surface area contributed by atoms with Crippen molar-refractivity contribution in [2.75, 3.05) is 11.9 Å². The van der Waals surface area contributed by atoms with E-state index in [1.807, 2.05) is 5.32 Å². The van der Waals surface area contributed by atoms with E-state index >= 15 is 0 Å². The molecule has 3 N–H and O–H groups in total. The first-order chi connectivity index (χ1) is 9.21. The van der Waals surface area contributed by atoms with Crippen molar-refractivity contribution in [2.24, 2.45) is 0 Å². The van der Waals surface area contributed by atoms with Crippen LogP contribution in [0.5, 0.6) is 0 Å². The van der Waals surface area contributed by atoms with Crippen LogP contribution in [0.2, 0.25) is 0 Å². The molecule has 0 saturated carbocycles. The van der Waals surface area contributed by atoms with Gasteiger partial charge in [-0.15, -0.1) is 0 Å². The summed E-state index contributed by atoms with van der Waals surface area (Å²) in [6.45, 7) is -0.244. The molecular formula is C10H12F5NO3Si. The van der Waals surface area contributed by atoms with Crippen LogP contribution in [0.3, 0.4) is 0 Å². The highest BCUT2D eigenvalue weighted by molar-refractivity contribution is 5.98. The molecule has 0 saturated heterocycles. The number of anilines is 1. The third kappa shape index (κ3) is 3.66. The van der Waals surface area contributed by atoms with Crippen LogP contribution in [0.15, 0.2) is 0 Å². The monoisotopic (exact) mass is 317 g/mol. The third-order valence-corrected chi connectivity index (χ3v) is 3.17. The molecule has 0 unspecified atom stereocenters. The molecule has 1 aromatic carbocycles. The fraction of sp³-hybridized carbons (Fsp3) is 0.400. The van der Waals surface area contributed by atoms with Crippen LogP contribution >= 0.6 is 0 Å². The van der Waals surface area contributed by atoms with Gasteiger partial charge in [-0.1, -0.05) is 0 Å². The molecule has 0 atom stereocenters. The maximum atomic E-state index is 13.2. The highest BCUT2D eigenvalue weighted by atomic mass is 28.2. The van der Waals surface area contributed by atoms with Crippen LogP contribution in [0.1, 0.15) is 12.8 Å². The van der Waals surface area contributed by atoms with E-state index < -0.39 is 40.7 Å². The number of rotatable bonds is 6. The van der Waals surface area contributed by atoms with Crippen molar-refractivity contribution in [1.29, 1.82) is 0 Å². The SMILES string of the molecule is OC(O)(CCCNc1c(F)c(F)c(F)c(F)c1F)O[SiH3]. The van der Waals surface area contributed by atoms with E-state index in [0.29, 0.717) is 0 Å². The van der Waals surface area contributed by atoms with Gasteiger partial charge in [0.2, 0.25) is 5.82 Å². The fourth-order valence-electron chi connectivity index (χ4n) is 1.39. The molecule has 10 heteroatoms. The minimum atomic E-state index is -2.36. The summed E-state index contributed by atoms with van der Waals surface area (Å²) in [6, 6.07) is 0. The summed E-state index contributed by atoms with van der Waals surface area (Å²) in [5, 5.41) is 20.2. The Bertz CT molecular complexity index is 471. The molecule has 0 spiro atoms. The average molecular weight is 317 g/mol. The molecule has 1 aromatic rings. The van der Waals surface area contributed by atoms with E-state index in [0.717, 1.165) is 0 Å². The van der Waals surface area contributed by atoms with Gasteiger partial charge in [0.25, 0.3) is 5.97 Å². The summed E-state index contributed by atoms with van der Waals surface area (Å²) in [4.78, 5) is 0. The van der Waals surface area contributed by atoms with Crippen molar-refractivity contribution in [3.63, 3.8) is 0 Å². The van der Waals surface area contributed by atoms with Crippen molar-refractivity contribution in [3.8, 4) is 0 Å². The van der Waals surface area contributed by atoms with Gasteiger partial charge in [0, 0.05) is 13.0 Å². The lowest BCUT2D eigenvalue weighted by Crippen LogP contribution is -2.31. The molecule has 4 nitrogen and oxygen atoms in total. The van der Waals surface area contributed by atoms with Crippen LogP contribution in [0.4, 0.5) is 27.6 Å². The zero-order valence-electron chi connectivity index (χ0n) is 10.3. The topological polar surface area (TPSA) is 61.7 Å². The van der Waals surface area contributed by atoms with E-state index in [1.165, 1.54) is 0 Å². The summed E-state index contributed by atoms with van der Waals surface area (Å²) in [7, 11) is 0.0537. The summed E-state index contributed by atoms with van der Waals surface area (Å²) in [5.41, 5.74) is -1.16. The Hall–Kier alpha value is -1.23. The lowest BCUT2D eigenvalue weighted by molar-refractivity contribution is -0.294. The normalized spacial score (nSPS) is 11.9. The lowest BCUT2D eigenvalue weighted by Gasteiger charge is -2.20. The Kier molecular flexibility index (Phi) is 5.45. The van der Waals surface area contributed by atoms with E-state index in [2.05, 4.69) is 4.43 Å². The van der Waals surface area contributed by atoms with Gasteiger partial charge in [-0.05, 0) is 6.42 Å². The van der Waals surface area contributed by atoms with Crippen molar-refractivity contribution in [3.05, 3.63) is 29.1 Å². The maximum Gasteiger partial charge on any atom is 0.267 e. The number of benzene rings is 1. The quantitative estimate of drug-likeness (QED) is 0.179. The predicted octanol–water partition coefficient (Wildman–Crippen LogP) is 0.510. The Morgan fingerprint density at radius 1 is 0.950 bits per heavy atom. The standard InChI is InChI=1S/C10H12F5NO3Si/c11-4-5(12)7(14)9(8(15)6(4)13)16-3-1-2-10(17,18)19-20/h16-18H,1-3H2,20H3. The molecule has 0 aliphatic carbocycles. The smallest absolute Gasteiger partial charge is 0.267 e. The van der Waals surface area contributed by atoms with E-state index in [9.17, 15) is 22.0 Å². The van der Waals surface area contributed by atoms with Gasteiger partial charge >= 0.3 is 0 Å². The molecular weight excluding hydrogens is 305 g/mol. The molecule has 114 valence electrons. The lowest BCUT2D eigenvalue weighted by atomic mass is 10.2. The second-order valence-corrected chi connectivity index (χ2v) is 4.33. The molecule has 0 heterocycles. The molecule has 0 fully saturated rings. The minimum Gasteiger partial charge on any atom is -0.381 e. The molecule has 0 bridgehead atoms. The zero-order chi connectivity index (χ0) is 15.5. The molecule has 0 aliphatic rings. The van der Waals surface area contributed by atoms with Crippen molar-refractivity contribution >= 4 is 16.2 Å². The van der Waals surface area contributed by atoms with Crippen molar-refractivity contribution in [1.82, 2.24) is 0 Å². The number of aliphatic hydroxyl groups is 2. The molecule has 20 heavy (non-hydrogen) atoms. The average Bonchev–Trinajstić information content (AvgIpc) is 2.42. The number of hydrogen-bond acceptors (Lipinski definition) is 4. The highest BCUT2D eigenvalue weighted by Crippen LogP contribution is 2.27. The first kappa shape index (κ1) is 16.8. The fourth-order valence-corrected chi connectivity index (χ4v) is 1.60. The molecule has 1 rings (SSSR count). The number of hydrogen-bond donors (Lipinski definition) is 3. The Balaban J connectivity index is 2.75. The van der Waals surface area contributed by atoms with Crippen molar-refractivity contribution < 1.29 is 36.6 Å². The van der Waals surface area contributed by atoms with Gasteiger partial charge in [0.1, 0.15) is 5.69 Å². The summed E-state index contributed by atoms with van der Waals surface area (Å²) < 4.78 is 69.3. The number of halogens is 5. The van der Waals surface area contributed by atoms with Gasteiger partial charge in [0.05, 0.1) is 0 Å². The Morgan fingerprint density at radius 3 is 1.85 bits per heavy atom. The van der Waals surface area contributed by atoms with Crippen LogP contribution in [0, 0.1) is 29.1 Å². The van der Waals surface area contributed by atoms with E-state index in [4.69, 9.17) is 10.2 Å². The van der Waals surface area contributed by atoms with E-state index in [-0.39, 0.29) is 29.9 Å². The first-order valence-corrected chi connectivity index (χ1v) is 6.28.